The van der Waals surface area contributed by atoms with E-state index in [1.165, 1.54) is 24.3 Å². The second-order valence-corrected chi connectivity index (χ2v) is 11.5. The third-order valence-electron chi connectivity index (χ3n) is 8.88. The molecule has 4 nitrogen and oxygen atoms in total. The molecule has 0 saturated heterocycles. The maximum Gasteiger partial charge on any atom is 0.416 e. The van der Waals surface area contributed by atoms with E-state index in [2.05, 4.69) is 0 Å². The Labute approximate surface area is 277 Å². The number of hydrogen-bond donors (Lipinski definition) is 0. The normalized spacial score (nSPS) is 13.5. The molecule has 0 atom stereocenters. The van der Waals surface area contributed by atoms with Crippen LogP contribution < -0.4 is 9.47 Å². The van der Waals surface area contributed by atoms with Crippen LogP contribution in [0.4, 0.5) is 26.3 Å². The molecule has 246 valence electrons. The van der Waals surface area contributed by atoms with E-state index in [9.17, 15) is 26.3 Å². The third-order valence-corrected chi connectivity index (χ3v) is 8.88. The smallest absolute Gasteiger partial charge is 0.416 e. The van der Waals surface area contributed by atoms with Gasteiger partial charge in [-0.2, -0.15) is 26.3 Å². The van der Waals surface area contributed by atoms with Crippen molar-refractivity contribution in [1.29, 1.82) is 0 Å². The van der Waals surface area contributed by atoms with Crippen molar-refractivity contribution in [2.24, 2.45) is 0 Å². The molecule has 0 spiro atoms. The second-order valence-electron chi connectivity index (χ2n) is 11.5. The van der Waals surface area contributed by atoms with E-state index in [-0.39, 0.29) is 0 Å². The summed E-state index contributed by atoms with van der Waals surface area (Å²) >= 11 is 0. The van der Waals surface area contributed by atoms with E-state index in [1.54, 1.807) is 26.4 Å². The summed E-state index contributed by atoms with van der Waals surface area (Å²) in [6, 6.07) is 32.1. The number of ether oxygens (including phenoxy) is 2. The van der Waals surface area contributed by atoms with E-state index < -0.39 is 28.9 Å². The minimum Gasteiger partial charge on any atom is -0.497 e. The number of alkyl halides is 6. The zero-order valence-electron chi connectivity index (χ0n) is 26.0. The van der Waals surface area contributed by atoms with Gasteiger partial charge in [0, 0.05) is 11.1 Å². The maximum absolute atomic E-state index is 13.3. The Balaban J connectivity index is 1.48. The van der Waals surface area contributed by atoms with Crippen LogP contribution in [-0.4, -0.2) is 24.2 Å². The van der Waals surface area contributed by atoms with Crippen molar-refractivity contribution in [2.75, 3.05) is 14.2 Å². The van der Waals surface area contributed by atoms with Gasteiger partial charge in [-0.3, -0.25) is 0 Å². The lowest BCUT2D eigenvalue weighted by Gasteiger charge is -2.33. The third kappa shape index (κ3) is 5.47. The van der Waals surface area contributed by atoms with Gasteiger partial charge in [0.05, 0.1) is 53.5 Å². The van der Waals surface area contributed by atoms with Gasteiger partial charge < -0.3 is 9.47 Å². The minimum atomic E-state index is -4.49. The molecule has 0 fully saturated rings. The molecule has 4 aromatic carbocycles. The van der Waals surface area contributed by atoms with E-state index >= 15 is 0 Å². The monoisotopic (exact) mass is 668 g/mol. The molecule has 1 aliphatic rings. The van der Waals surface area contributed by atoms with E-state index in [4.69, 9.17) is 19.4 Å². The number of hydrogen-bond acceptors (Lipinski definition) is 4. The standard InChI is InChI=1S/C39H26F6N2O2/c1-48-29-15-11-25(12-16-29)37(26-13-17-30(49-2)18-14-26)31-19-21-33(23-3-7-27(8-4-23)38(40,41)42)46-35(31)36-32(37)20-22-34(47-36)24-5-9-28(10-6-24)39(43,44)45/h3-22H,1-2H3. The van der Waals surface area contributed by atoms with E-state index in [0.29, 0.717) is 45.4 Å². The first-order valence-corrected chi connectivity index (χ1v) is 15.1. The second kappa shape index (κ2) is 11.8. The fraction of sp³-hybridized carbons (Fsp3) is 0.128. The summed E-state index contributed by atoms with van der Waals surface area (Å²) in [7, 11) is 3.15. The summed E-state index contributed by atoms with van der Waals surface area (Å²) in [5.74, 6) is 1.30. The van der Waals surface area contributed by atoms with Crippen molar-refractivity contribution in [3.05, 3.63) is 155 Å². The van der Waals surface area contributed by atoms with Crippen LogP contribution in [0, 0.1) is 0 Å². The minimum absolute atomic E-state index is 0.431. The number of halogens is 6. The Kier molecular flexibility index (Phi) is 7.69. The molecule has 0 saturated carbocycles. The molecular weight excluding hydrogens is 642 g/mol. The Hall–Kier alpha value is -5.64. The largest absolute Gasteiger partial charge is 0.497 e. The first-order valence-electron chi connectivity index (χ1n) is 15.1. The van der Waals surface area contributed by atoms with Gasteiger partial charge >= 0.3 is 12.4 Å². The van der Waals surface area contributed by atoms with Gasteiger partial charge in [0.25, 0.3) is 0 Å². The van der Waals surface area contributed by atoms with Crippen LogP contribution in [0.3, 0.4) is 0 Å². The fourth-order valence-electron chi connectivity index (χ4n) is 6.48. The molecule has 0 radical (unpaired) electrons. The lowest BCUT2D eigenvalue weighted by Crippen LogP contribution is -2.28. The van der Waals surface area contributed by atoms with Crippen molar-refractivity contribution in [3.63, 3.8) is 0 Å². The lowest BCUT2D eigenvalue weighted by molar-refractivity contribution is -0.138. The van der Waals surface area contributed by atoms with Crippen LogP contribution in [-0.2, 0) is 17.8 Å². The molecule has 2 heterocycles. The molecule has 0 bridgehead atoms. The molecule has 0 amide bonds. The molecule has 2 aromatic heterocycles. The molecule has 49 heavy (non-hydrogen) atoms. The van der Waals surface area contributed by atoms with Crippen LogP contribution in [0.25, 0.3) is 33.9 Å². The summed E-state index contributed by atoms with van der Waals surface area (Å²) in [6.45, 7) is 0. The Bertz CT molecular complexity index is 1980. The average molecular weight is 669 g/mol. The molecule has 6 aromatic rings. The highest BCUT2D eigenvalue weighted by Crippen LogP contribution is 2.56. The molecule has 0 aliphatic heterocycles. The number of rotatable bonds is 6. The molecule has 1 aliphatic carbocycles. The SMILES string of the molecule is COc1ccc(C2(c3ccc(OC)cc3)c3ccc(-c4ccc(C(F)(F)F)cc4)nc3-c3nc(-c4ccc(C(F)(F)F)cc4)ccc32)cc1. The zero-order chi connectivity index (χ0) is 34.6. The maximum atomic E-state index is 13.3. The van der Waals surface area contributed by atoms with Crippen LogP contribution in [0.1, 0.15) is 33.4 Å². The van der Waals surface area contributed by atoms with Crippen molar-refractivity contribution >= 4 is 0 Å². The highest BCUT2D eigenvalue weighted by molar-refractivity contribution is 5.85. The highest BCUT2D eigenvalue weighted by atomic mass is 19.4. The molecule has 7 rings (SSSR count). The number of pyridine rings is 2. The van der Waals surface area contributed by atoms with Crippen molar-refractivity contribution in [1.82, 2.24) is 9.97 Å². The van der Waals surface area contributed by atoms with Gasteiger partial charge in [0.2, 0.25) is 0 Å². The Morgan fingerprint density at radius 2 is 0.796 bits per heavy atom. The van der Waals surface area contributed by atoms with Gasteiger partial charge in [0.15, 0.2) is 0 Å². The lowest BCUT2D eigenvalue weighted by atomic mass is 9.68. The fourth-order valence-corrected chi connectivity index (χ4v) is 6.48. The summed E-state index contributed by atoms with van der Waals surface area (Å²) in [4.78, 5) is 10.0. The summed E-state index contributed by atoms with van der Waals surface area (Å²) in [5.41, 5.74) is 3.56. The predicted octanol–water partition coefficient (Wildman–Crippen LogP) is 10.2. The Morgan fingerprint density at radius 1 is 0.449 bits per heavy atom. The summed E-state index contributed by atoms with van der Waals surface area (Å²) in [5, 5.41) is 0. The van der Waals surface area contributed by atoms with Crippen molar-refractivity contribution < 1.29 is 35.8 Å². The van der Waals surface area contributed by atoms with Gasteiger partial charge in [0.1, 0.15) is 11.5 Å². The number of aromatic nitrogens is 2. The van der Waals surface area contributed by atoms with Crippen LogP contribution in [0.5, 0.6) is 11.5 Å². The van der Waals surface area contributed by atoms with Gasteiger partial charge in [-0.15, -0.1) is 0 Å². The van der Waals surface area contributed by atoms with Crippen LogP contribution in [0.2, 0.25) is 0 Å². The molecule has 0 unspecified atom stereocenters. The summed E-state index contributed by atoms with van der Waals surface area (Å²) < 4.78 is 90.9. The topological polar surface area (TPSA) is 44.2 Å². The van der Waals surface area contributed by atoms with Gasteiger partial charge in [-0.05, 0) is 82.9 Å². The van der Waals surface area contributed by atoms with Crippen LogP contribution in [0.15, 0.2) is 121 Å². The van der Waals surface area contributed by atoms with Crippen molar-refractivity contribution in [3.8, 4) is 45.4 Å². The van der Waals surface area contributed by atoms with Gasteiger partial charge in [-0.1, -0.05) is 60.7 Å². The average Bonchev–Trinajstić information content (AvgIpc) is 3.41. The number of benzene rings is 4. The first kappa shape index (κ1) is 31.9. The van der Waals surface area contributed by atoms with Crippen LogP contribution >= 0.6 is 0 Å². The molecular formula is C39H26F6N2O2. The summed E-state index contributed by atoms with van der Waals surface area (Å²) in [6.07, 6.45) is -8.98. The predicted molar refractivity (Wildman–Crippen MR) is 173 cm³/mol. The van der Waals surface area contributed by atoms with E-state index in [1.807, 2.05) is 60.7 Å². The quantitative estimate of drug-likeness (QED) is 0.166. The number of fused-ring (bicyclic) bond motifs is 3. The highest BCUT2D eigenvalue weighted by Gasteiger charge is 2.48. The number of methoxy groups -OCH3 is 2. The van der Waals surface area contributed by atoms with Gasteiger partial charge in [-0.25, -0.2) is 9.97 Å². The Morgan fingerprint density at radius 3 is 1.10 bits per heavy atom. The number of nitrogens with zero attached hydrogens (tertiary/aromatic N) is 2. The van der Waals surface area contributed by atoms with Crippen molar-refractivity contribution in [2.45, 2.75) is 17.8 Å². The first-order chi connectivity index (χ1) is 23.4. The zero-order valence-corrected chi connectivity index (χ0v) is 26.0. The molecule has 10 heteroatoms. The van der Waals surface area contributed by atoms with E-state index in [0.717, 1.165) is 46.5 Å². The molecule has 0 N–H and O–H groups in total.